The Morgan fingerprint density at radius 3 is 2.38 bits per heavy atom. The van der Waals surface area contributed by atoms with Gasteiger partial charge in [-0.25, -0.2) is 5.43 Å². The molecule has 1 rings (SSSR count). The average molecular weight is 455 g/mol. The maximum atomic E-state index is 12.9. The first kappa shape index (κ1) is 27.6. The van der Waals surface area contributed by atoms with Crippen molar-refractivity contribution in [3.05, 3.63) is 12.7 Å². The third-order valence-corrected chi connectivity index (χ3v) is 5.66. The highest BCUT2D eigenvalue weighted by Crippen LogP contribution is 2.15. The molecule has 0 aliphatic carbocycles. The number of hydrogen-bond acceptors (Lipinski definition) is 6. The molecule has 1 heterocycles. The number of methoxy groups -OCH3 is 1. The van der Waals surface area contributed by atoms with E-state index in [2.05, 4.69) is 22.6 Å². The molecule has 1 fully saturated rings. The lowest BCUT2D eigenvalue weighted by Gasteiger charge is -2.34. The Kier molecular flexibility index (Phi) is 11.3. The van der Waals surface area contributed by atoms with Crippen LogP contribution in [0.3, 0.4) is 0 Å². The van der Waals surface area contributed by atoms with Crippen LogP contribution in [0.4, 0.5) is 0 Å². The van der Waals surface area contributed by atoms with Crippen LogP contribution < -0.4 is 16.1 Å². The Morgan fingerprint density at radius 2 is 1.84 bits per heavy atom. The number of amides is 3. The lowest BCUT2D eigenvalue weighted by Crippen LogP contribution is -2.61. The summed E-state index contributed by atoms with van der Waals surface area (Å²) in [5, 5.41) is 15.8. The zero-order valence-electron chi connectivity index (χ0n) is 19.7. The minimum atomic E-state index is -1.03. The van der Waals surface area contributed by atoms with E-state index in [0.717, 1.165) is 0 Å². The van der Waals surface area contributed by atoms with E-state index in [1.807, 2.05) is 0 Å². The molecule has 32 heavy (non-hydrogen) atoms. The SMILES string of the molecule is C=CCCC(OC)C(C)C(=O)NC(C(=O)NC(C)C(=O)N1CCCC(C(=O)O)N1)C(C)C. The van der Waals surface area contributed by atoms with Gasteiger partial charge in [-0.1, -0.05) is 26.8 Å². The molecule has 0 saturated carbocycles. The van der Waals surface area contributed by atoms with E-state index in [0.29, 0.717) is 32.2 Å². The van der Waals surface area contributed by atoms with Crippen LogP contribution in [-0.2, 0) is 23.9 Å². The van der Waals surface area contributed by atoms with E-state index in [9.17, 15) is 19.2 Å². The predicted molar refractivity (Wildman–Crippen MR) is 119 cm³/mol. The summed E-state index contributed by atoms with van der Waals surface area (Å²) in [4.78, 5) is 49.5. The Morgan fingerprint density at radius 1 is 1.19 bits per heavy atom. The van der Waals surface area contributed by atoms with Gasteiger partial charge in [0.05, 0.1) is 12.0 Å². The fourth-order valence-corrected chi connectivity index (χ4v) is 3.56. The van der Waals surface area contributed by atoms with Gasteiger partial charge in [0, 0.05) is 13.7 Å². The third kappa shape index (κ3) is 7.90. The minimum absolute atomic E-state index is 0.216. The number of ether oxygens (including phenoxy) is 1. The molecule has 0 aromatic rings. The van der Waals surface area contributed by atoms with Gasteiger partial charge < -0.3 is 20.5 Å². The van der Waals surface area contributed by atoms with Crippen molar-refractivity contribution in [2.24, 2.45) is 11.8 Å². The number of nitrogens with one attached hydrogen (secondary N) is 3. The number of carbonyl (C=O) groups excluding carboxylic acids is 3. The molecule has 182 valence electrons. The van der Waals surface area contributed by atoms with Gasteiger partial charge in [-0.05, 0) is 38.5 Å². The maximum Gasteiger partial charge on any atom is 0.322 e. The highest BCUT2D eigenvalue weighted by Gasteiger charge is 2.33. The third-order valence-electron chi connectivity index (χ3n) is 5.66. The van der Waals surface area contributed by atoms with Crippen molar-refractivity contribution in [3.8, 4) is 0 Å². The number of aliphatic carboxylic acids is 1. The smallest absolute Gasteiger partial charge is 0.322 e. The molecular weight excluding hydrogens is 416 g/mol. The fourth-order valence-electron chi connectivity index (χ4n) is 3.56. The van der Waals surface area contributed by atoms with Gasteiger partial charge in [-0.15, -0.1) is 6.58 Å². The molecule has 1 aliphatic heterocycles. The second-order valence-electron chi connectivity index (χ2n) is 8.54. The van der Waals surface area contributed by atoms with Gasteiger partial charge in [-0.2, -0.15) is 0 Å². The number of carboxylic acid groups (broad SMARTS) is 1. The molecule has 5 atom stereocenters. The number of carboxylic acids is 1. The van der Waals surface area contributed by atoms with Gasteiger partial charge in [-0.3, -0.25) is 24.2 Å². The first-order valence-corrected chi connectivity index (χ1v) is 11.1. The zero-order valence-corrected chi connectivity index (χ0v) is 19.7. The largest absolute Gasteiger partial charge is 0.480 e. The number of carbonyl (C=O) groups is 4. The standard InChI is InChI=1S/C22H38N4O6/c1-7-8-11-17(32-6)14(4)19(27)24-18(13(2)3)20(28)23-15(5)21(29)26-12-9-10-16(25-26)22(30)31/h7,13-18,25H,1,8-12H2,2-6H3,(H,23,28)(H,24,27)(H,30,31). The molecule has 0 aromatic heterocycles. The molecule has 1 aliphatic rings. The van der Waals surface area contributed by atoms with Crippen LogP contribution in [0.5, 0.6) is 0 Å². The van der Waals surface area contributed by atoms with Gasteiger partial charge in [0.15, 0.2) is 0 Å². The van der Waals surface area contributed by atoms with Gasteiger partial charge in [0.1, 0.15) is 18.1 Å². The molecule has 10 nitrogen and oxygen atoms in total. The molecule has 4 N–H and O–H groups in total. The number of rotatable bonds is 12. The van der Waals surface area contributed by atoms with Crippen molar-refractivity contribution >= 4 is 23.7 Å². The quantitative estimate of drug-likeness (QED) is 0.321. The van der Waals surface area contributed by atoms with E-state index in [-0.39, 0.29) is 17.9 Å². The highest BCUT2D eigenvalue weighted by molar-refractivity contribution is 5.92. The van der Waals surface area contributed by atoms with E-state index in [1.54, 1.807) is 34.0 Å². The Labute approximate surface area is 190 Å². The van der Waals surface area contributed by atoms with Crippen LogP contribution in [0, 0.1) is 11.8 Å². The Hall–Kier alpha value is -2.46. The molecule has 0 radical (unpaired) electrons. The normalized spacial score (nSPS) is 20.1. The number of hydrazine groups is 1. The summed E-state index contributed by atoms with van der Waals surface area (Å²) >= 11 is 0. The topological polar surface area (TPSA) is 137 Å². The predicted octanol–water partition coefficient (Wildman–Crippen LogP) is 0.829. The van der Waals surface area contributed by atoms with Gasteiger partial charge in [0.25, 0.3) is 5.91 Å². The first-order valence-electron chi connectivity index (χ1n) is 11.1. The van der Waals surface area contributed by atoms with E-state index >= 15 is 0 Å². The Bertz CT molecular complexity index is 683. The summed E-state index contributed by atoms with van der Waals surface area (Å²) in [7, 11) is 1.54. The van der Waals surface area contributed by atoms with Crippen molar-refractivity contribution in [1.29, 1.82) is 0 Å². The molecule has 1 saturated heterocycles. The second kappa shape index (κ2) is 13.2. The summed E-state index contributed by atoms with van der Waals surface area (Å²) < 4.78 is 5.42. The van der Waals surface area contributed by atoms with Crippen molar-refractivity contribution in [3.63, 3.8) is 0 Å². The van der Waals surface area contributed by atoms with E-state index in [4.69, 9.17) is 9.84 Å². The van der Waals surface area contributed by atoms with Crippen LogP contribution in [0.1, 0.15) is 53.4 Å². The molecule has 5 unspecified atom stereocenters. The number of hydrogen-bond donors (Lipinski definition) is 4. The van der Waals surface area contributed by atoms with Crippen LogP contribution in [0.2, 0.25) is 0 Å². The monoisotopic (exact) mass is 454 g/mol. The van der Waals surface area contributed by atoms with Crippen molar-refractivity contribution in [1.82, 2.24) is 21.1 Å². The molecule has 10 heteroatoms. The summed E-state index contributed by atoms with van der Waals surface area (Å²) in [5.41, 5.74) is 2.68. The lowest BCUT2D eigenvalue weighted by atomic mass is 9.97. The summed E-state index contributed by atoms with van der Waals surface area (Å²) in [6.45, 7) is 10.9. The van der Waals surface area contributed by atoms with Gasteiger partial charge in [0.2, 0.25) is 11.8 Å². The summed E-state index contributed by atoms with van der Waals surface area (Å²) in [6.07, 6.45) is 3.77. The van der Waals surface area contributed by atoms with Crippen molar-refractivity contribution < 1.29 is 29.0 Å². The first-order chi connectivity index (χ1) is 15.0. The van der Waals surface area contributed by atoms with Crippen molar-refractivity contribution in [2.75, 3.05) is 13.7 Å². The fraction of sp³-hybridized carbons (Fsp3) is 0.727. The Balaban J connectivity index is 2.75. The second-order valence-corrected chi connectivity index (χ2v) is 8.54. The summed E-state index contributed by atoms with van der Waals surface area (Å²) in [6, 6.07) is -2.56. The zero-order chi connectivity index (χ0) is 24.4. The van der Waals surface area contributed by atoms with E-state index in [1.165, 1.54) is 11.9 Å². The maximum absolute atomic E-state index is 12.9. The molecule has 0 spiro atoms. The molecule has 0 bridgehead atoms. The van der Waals surface area contributed by atoms with Crippen molar-refractivity contribution in [2.45, 2.75) is 77.6 Å². The molecular formula is C22H38N4O6. The molecule has 3 amide bonds. The average Bonchev–Trinajstić information content (AvgIpc) is 2.76. The van der Waals surface area contributed by atoms with Crippen LogP contribution in [0.25, 0.3) is 0 Å². The van der Waals surface area contributed by atoms with Crippen LogP contribution in [0.15, 0.2) is 12.7 Å². The lowest BCUT2D eigenvalue weighted by molar-refractivity contribution is -0.148. The van der Waals surface area contributed by atoms with E-state index < -0.39 is 41.8 Å². The van der Waals surface area contributed by atoms with Gasteiger partial charge >= 0.3 is 5.97 Å². The molecule has 0 aromatic carbocycles. The van der Waals surface area contributed by atoms with Crippen LogP contribution >= 0.6 is 0 Å². The summed E-state index contributed by atoms with van der Waals surface area (Å²) in [5.74, 6) is -2.94. The minimum Gasteiger partial charge on any atom is -0.480 e. The number of allylic oxidation sites excluding steroid dienone is 1. The number of nitrogens with zero attached hydrogens (tertiary/aromatic N) is 1. The highest BCUT2D eigenvalue weighted by atomic mass is 16.5. The van der Waals surface area contributed by atoms with Crippen LogP contribution in [-0.4, -0.2) is 71.7 Å².